The van der Waals surface area contributed by atoms with E-state index in [0.717, 1.165) is 18.4 Å². The van der Waals surface area contributed by atoms with E-state index in [0.29, 0.717) is 6.42 Å². The molecule has 1 aliphatic carbocycles. The van der Waals surface area contributed by atoms with E-state index in [4.69, 9.17) is 10.9 Å². The van der Waals surface area contributed by atoms with Crippen LogP contribution >= 0.6 is 0 Å². The molecule has 1 aromatic carbocycles. The highest BCUT2D eigenvalue weighted by Crippen LogP contribution is 2.28. The number of benzene rings is 1. The van der Waals surface area contributed by atoms with Crippen molar-refractivity contribution in [3.63, 3.8) is 0 Å². The van der Waals surface area contributed by atoms with E-state index in [-0.39, 0.29) is 11.9 Å². The fraction of sp³-hybridized carbons (Fsp3) is 0.588. The molecule has 1 saturated carbocycles. The molecule has 1 aliphatic rings. The average molecular weight is 289 g/mol. The van der Waals surface area contributed by atoms with Gasteiger partial charge in [-0.2, -0.15) is 0 Å². The van der Waals surface area contributed by atoms with E-state index >= 15 is 0 Å². The Morgan fingerprint density at radius 3 is 2.57 bits per heavy atom. The van der Waals surface area contributed by atoms with Gasteiger partial charge in [-0.25, -0.2) is 0 Å². The minimum atomic E-state index is 0.112. The van der Waals surface area contributed by atoms with Crippen molar-refractivity contribution in [3.8, 4) is 0 Å². The summed E-state index contributed by atoms with van der Waals surface area (Å²) in [5.74, 6) is 1.90. The topological polar surface area (TPSA) is 70.6 Å². The second kappa shape index (κ2) is 8.03. The molecule has 0 amide bonds. The third-order valence-electron chi connectivity index (χ3n) is 4.53. The number of amidine groups is 1. The summed E-state index contributed by atoms with van der Waals surface area (Å²) in [6.07, 6.45) is 5.81. The quantitative estimate of drug-likeness (QED) is 0.326. The molecule has 21 heavy (non-hydrogen) atoms. The van der Waals surface area contributed by atoms with Crippen LogP contribution in [0.15, 0.2) is 35.5 Å². The van der Waals surface area contributed by atoms with E-state index < -0.39 is 0 Å². The van der Waals surface area contributed by atoms with Gasteiger partial charge in [0.05, 0.1) is 0 Å². The summed E-state index contributed by atoms with van der Waals surface area (Å²) < 4.78 is 0. The smallest absolute Gasteiger partial charge is 0.141 e. The molecule has 0 spiro atoms. The zero-order valence-corrected chi connectivity index (χ0v) is 12.8. The number of nitrogens with two attached hydrogens (primary N) is 1. The van der Waals surface area contributed by atoms with Gasteiger partial charge in [0, 0.05) is 12.5 Å². The monoisotopic (exact) mass is 289 g/mol. The van der Waals surface area contributed by atoms with Crippen molar-refractivity contribution in [1.29, 1.82) is 0 Å². The van der Waals surface area contributed by atoms with Gasteiger partial charge in [0.25, 0.3) is 0 Å². The molecule has 0 aliphatic heterocycles. The van der Waals surface area contributed by atoms with Crippen LogP contribution in [0.4, 0.5) is 0 Å². The predicted octanol–water partition coefficient (Wildman–Crippen LogP) is 3.28. The molecule has 4 heteroatoms. The van der Waals surface area contributed by atoms with Gasteiger partial charge in [-0.05, 0) is 36.8 Å². The van der Waals surface area contributed by atoms with Crippen LogP contribution in [0, 0.1) is 11.8 Å². The van der Waals surface area contributed by atoms with Gasteiger partial charge in [-0.1, -0.05) is 55.3 Å². The normalized spacial score (nSPS) is 24.7. The number of hydrogen-bond acceptors (Lipinski definition) is 3. The van der Waals surface area contributed by atoms with Crippen molar-refractivity contribution in [2.75, 3.05) is 6.54 Å². The molecule has 1 aromatic rings. The molecule has 0 radical (unpaired) electrons. The van der Waals surface area contributed by atoms with Crippen LogP contribution in [-0.4, -0.2) is 17.6 Å². The number of oxime groups is 1. The van der Waals surface area contributed by atoms with Crippen LogP contribution in [0.25, 0.3) is 0 Å². The van der Waals surface area contributed by atoms with Crippen molar-refractivity contribution in [2.24, 2.45) is 22.7 Å². The summed E-state index contributed by atoms with van der Waals surface area (Å²) in [5, 5.41) is 15.5. The standard InChI is InChI=1S/C17H27N3O/c1-13-7-9-14(10-8-13)12-19-16(11-17(18)20-21)15-5-3-2-4-6-15/h2-6,13-14,16,19,21H,7-12H2,1H3,(H2,18,20). The maximum Gasteiger partial charge on any atom is 0.141 e. The lowest BCUT2D eigenvalue weighted by atomic mass is 9.83. The van der Waals surface area contributed by atoms with E-state index in [1.54, 1.807) is 0 Å². The van der Waals surface area contributed by atoms with Crippen LogP contribution in [-0.2, 0) is 0 Å². The lowest BCUT2D eigenvalue weighted by Gasteiger charge is -2.28. The van der Waals surface area contributed by atoms with Crippen LogP contribution in [0.3, 0.4) is 0 Å². The summed E-state index contributed by atoms with van der Waals surface area (Å²) in [6.45, 7) is 3.35. The maximum atomic E-state index is 8.81. The van der Waals surface area contributed by atoms with Crippen molar-refractivity contribution < 1.29 is 5.21 Å². The molecule has 0 heterocycles. The Balaban J connectivity index is 1.93. The number of nitrogens with one attached hydrogen (secondary N) is 1. The molecule has 1 fully saturated rings. The Morgan fingerprint density at radius 2 is 1.95 bits per heavy atom. The van der Waals surface area contributed by atoms with Crippen molar-refractivity contribution in [1.82, 2.24) is 5.32 Å². The summed E-state index contributed by atoms with van der Waals surface area (Å²) in [6, 6.07) is 10.3. The molecule has 2 rings (SSSR count). The highest BCUT2D eigenvalue weighted by atomic mass is 16.4. The van der Waals surface area contributed by atoms with Gasteiger partial charge in [0.1, 0.15) is 5.84 Å². The number of nitrogens with zero attached hydrogens (tertiary/aromatic N) is 1. The second-order valence-corrected chi connectivity index (χ2v) is 6.29. The SMILES string of the molecule is CC1CCC(CNC(CC(N)=NO)c2ccccc2)CC1. The highest BCUT2D eigenvalue weighted by molar-refractivity contribution is 5.80. The first kappa shape index (κ1) is 15.8. The summed E-state index contributed by atoms with van der Waals surface area (Å²) in [5.41, 5.74) is 6.89. The molecular formula is C17H27N3O. The minimum Gasteiger partial charge on any atom is -0.409 e. The van der Waals surface area contributed by atoms with Crippen molar-refractivity contribution in [3.05, 3.63) is 35.9 Å². The van der Waals surface area contributed by atoms with Crippen LogP contribution < -0.4 is 11.1 Å². The number of rotatable bonds is 6. The first-order valence-electron chi connectivity index (χ1n) is 7.93. The fourth-order valence-electron chi connectivity index (χ4n) is 3.09. The van der Waals surface area contributed by atoms with Gasteiger partial charge in [-0.3, -0.25) is 0 Å². The zero-order valence-electron chi connectivity index (χ0n) is 12.8. The maximum absolute atomic E-state index is 8.81. The summed E-state index contributed by atoms with van der Waals surface area (Å²) in [4.78, 5) is 0. The molecule has 1 unspecified atom stereocenters. The highest BCUT2D eigenvalue weighted by Gasteiger charge is 2.20. The molecule has 4 N–H and O–H groups in total. The molecule has 0 bridgehead atoms. The number of hydrogen-bond donors (Lipinski definition) is 3. The van der Waals surface area contributed by atoms with E-state index in [9.17, 15) is 0 Å². The first-order chi connectivity index (χ1) is 10.2. The summed E-state index contributed by atoms with van der Waals surface area (Å²) >= 11 is 0. The molecule has 116 valence electrons. The van der Waals surface area contributed by atoms with Gasteiger partial charge in [0.2, 0.25) is 0 Å². The van der Waals surface area contributed by atoms with Gasteiger partial charge < -0.3 is 16.3 Å². The molecule has 1 atom stereocenters. The largest absolute Gasteiger partial charge is 0.409 e. The Kier molecular flexibility index (Phi) is 6.05. The Morgan fingerprint density at radius 1 is 1.29 bits per heavy atom. The summed E-state index contributed by atoms with van der Waals surface area (Å²) in [7, 11) is 0. The molecule has 4 nitrogen and oxygen atoms in total. The molecule has 0 saturated heterocycles. The van der Waals surface area contributed by atoms with E-state index in [1.807, 2.05) is 18.2 Å². The van der Waals surface area contributed by atoms with Crippen molar-refractivity contribution in [2.45, 2.75) is 45.1 Å². The van der Waals surface area contributed by atoms with Gasteiger partial charge in [-0.15, -0.1) is 0 Å². The van der Waals surface area contributed by atoms with Crippen LogP contribution in [0.2, 0.25) is 0 Å². The predicted molar refractivity (Wildman–Crippen MR) is 86.3 cm³/mol. The Bertz CT molecular complexity index is 439. The minimum absolute atomic E-state index is 0.112. The molecule has 0 aromatic heterocycles. The van der Waals surface area contributed by atoms with E-state index in [1.165, 1.54) is 31.2 Å². The second-order valence-electron chi connectivity index (χ2n) is 6.29. The average Bonchev–Trinajstić information content (AvgIpc) is 2.53. The third kappa shape index (κ3) is 5.05. The lowest BCUT2D eigenvalue weighted by molar-refractivity contribution is 0.274. The third-order valence-corrected chi connectivity index (χ3v) is 4.53. The van der Waals surface area contributed by atoms with Gasteiger partial charge in [0.15, 0.2) is 0 Å². The van der Waals surface area contributed by atoms with Crippen LogP contribution in [0.5, 0.6) is 0 Å². The zero-order chi connectivity index (χ0) is 15.1. The van der Waals surface area contributed by atoms with Crippen LogP contribution in [0.1, 0.15) is 50.6 Å². The van der Waals surface area contributed by atoms with Crippen molar-refractivity contribution >= 4 is 5.84 Å². The Hall–Kier alpha value is -1.55. The lowest BCUT2D eigenvalue weighted by Crippen LogP contribution is -2.32. The van der Waals surface area contributed by atoms with Gasteiger partial charge >= 0.3 is 0 Å². The first-order valence-corrected chi connectivity index (χ1v) is 7.93. The van der Waals surface area contributed by atoms with E-state index in [2.05, 4.69) is 29.5 Å². The fourth-order valence-corrected chi connectivity index (χ4v) is 3.09. The Labute approximate surface area is 127 Å². The molecular weight excluding hydrogens is 262 g/mol.